The third-order valence-electron chi connectivity index (χ3n) is 4.80. The van der Waals surface area contributed by atoms with Gasteiger partial charge in [-0.2, -0.15) is 0 Å². The molecule has 0 aliphatic carbocycles. The predicted octanol–water partition coefficient (Wildman–Crippen LogP) is 5.32. The largest absolute Gasteiger partial charge is 0.417 e. The fourth-order valence-corrected chi connectivity index (χ4v) is 3.25. The monoisotopic (exact) mass is 320 g/mol. The molecular formula is C19H32O2Si. The van der Waals surface area contributed by atoms with Crippen molar-refractivity contribution in [2.24, 2.45) is 5.92 Å². The first-order chi connectivity index (χ1) is 10.2. The Kier molecular flexibility index (Phi) is 7.04. The lowest BCUT2D eigenvalue weighted by Crippen LogP contribution is -2.41. The van der Waals surface area contributed by atoms with Crippen LogP contribution in [0.4, 0.5) is 0 Å². The number of benzene rings is 1. The van der Waals surface area contributed by atoms with Gasteiger partial charge >= 0.3 is 0 Å². The summed E-state index contributed by atoms with van der Waals surface area (Å²) < 4.78 is 6.20. The van der Waals surface area contributed by atoms with Crippen molar-refractivity contribution in [1.29, 1.82) is 0 Å². The summed E-state index contributed by atoms with van der Waals surface area (Å²) in [6.07, 6.45) is 3.23. The lowest BCUT2D eigenvalue weighted by atomic mass is 9.92. The van der Waals surface area contributed by atoms with Crippen LogP contribution in [-0.2, 0) is 4.43 Å². The average molecular weight is 321 g/mol. The van der Waals surface area contributed by atoms with E-state index < -0.39 is 14.4 Å². The SMILES string of the molecule is C=C[C@@H](CCCO[Si](C)(C)C(C)(C)C)[C@@H](O)c1ccccc1. The molecule has 1 aromatic carbocycles. The molecule has 0 spiro atoms. The zero-order valence-electron chi connectivity index (χ0n) is 14.8. The third-order valence-corrected chi connectivity index (χ3v) is 9.34. The standard InChI is InChI=1S/C19H32O2Si/c1-7-16(18(20)17-12-9-8-10-13-17)14-11-15-21-22(5,6)19(2,3)4/h7-10,12-13,16,18,20H,1,11,14-15H2,2-6H3/t16-,18+/m0/s1. The Morgan fingerprint density at radius 1 is 1.23 bits per heavy atom. The van der Waals surface area contributed by atoms with Gasteiger partial charge in [0, 0.05) is 12.5 Å². The second-order valence-corrected chi connectivity index (χ2v) is 12.3. The molecule has 0 saturated heterocycles. The van der Waals surface area contributed by atoms with Crippen LogP contribution in [-0.4, -0.2) is 20.0 Å². The molecule has 22 heavy (non-hydrogen) atoms. The van der Waals surface area contributed by atoms with Crippen molar-refractivity contribution in [3.8, 4) is 0 Å². The summed E-state index contributed by atoms with van der Waals surface area (Å²) in [4.78, 5) is 0. The molecule has 0 aliphatic rings. The summed E-state index contributed by atoms with van der Waals surface area (Å²) in [7, 11) is -1.67. The fraction of sp³-hybridized carbons (Fsp3) is 0.579. The van der Waals surface area contributed by atoms with E-state index in [0.717, 1.165) is 25.0 Å². The van der Waals surface area contributed by atoms with Crippen LogP contribution in [0.15, 0.2) is 43.0 Å². The first kappa shape index (κ1) is 19.1. The maximum Gasteiger partial charge on any atom is 0.191 e. The van der Waals surface area contributed by atoms with Crippen LogP contribution in [0.2, 0.25) is 18.1 Å². The van der Waals surface area contributed by atoms with Crippen LogP contribution >= 0.6 is 0 Å². The molecule has 1 N–H and O–H groups in total. The first-order valence-corrected chi connectivity index (χ1v) is 11.1. The van der Waals surface area contributed by atoms with E-state index in [0.29, 0.717) is 0 Å². The van der Waals surface area contributed by atoms with Crippen LogP contribution in [0, 0.1) is 5.92 Å². The van der Waals surface area contributed by atoms with Gasteiger partial charge in [0.15, 0.2) is 8.32 Å². The molecule has 0 fully saturated rings. The Bertz CT molecular complexity index is 448. The van der Waals surface area contributed by atoms with Gasteiger partial charge in [0.2, 0.25) is 0 Å². The van der Waals surface area contributed by atoms with Gasteiger partial charge in [-0.05, 0) is 36.5 Å². The minimum atomic E-state index is -1.67. The summed E-state index contributed by atoms with van der Waals surface area (Å²) in [6.45, 7) is 16.0. The lowest BCUT2D eigenvalue weighted by Gasteiger charge is -2.36. The minimum absolute atomic E-state index is 0.0745. The van der Waals surface area contributed by atoms with Crippen molar-refractivity contribution in [2.75, 3.05) is 6.61 Å². The summed E-state index contributed by atoms with van der Waals surface area (Å²) in [5, 5.41) is 10.7. The molecule has 0 saturated carbocycles. The van der Waals surface area contributed by atoms with Crippen LogP contribution in [0.25, 0.3) is 0 Å². The zero-order chi connectivity index (χ0) is 16.8. The highest BCUT2D eigenvalue weighted by atomic mass is 28.4. The first-order valence-electron chi connectivity index (χ1n) is 8.18. The van der Waals surface area contributed by atoms with Gasteiger partial charge in [-0.15, -0.1) is 6.58 Å². The van der Waals surface area contributed by atoms with E-state index in [9.17, 15) is 5.11 Å². The average Bonchev–Trinajstić information content (AvgIpc) is 2.46. The number of aliphatic hydroxyl groups is 1. The normalized spacial score (nSPS) is 15.4. The molecule has 1 rings (SSSR count). The summed E-state index contributed by atoms with van der Waals surface area (Å²) in [5.74, 6) is 0.0745. The topological polar surface area (TPSA) is 29.5 Å². The van der Waals surface area contributed by atoms with Gasteiger partial charge in [0.1, 0.15) is 0 Å². The molecule has 1 aromatic rings. The predicted molar refractivity (Wildman–Crippen MR) is 97.5 cm³/mol. The van der Waals surface area contributed by atoms with Crippen molar-refractivity contribution >= 4 is 8.32 Å². The molecule has 2 nitrogen and oxygen atoms in total. The van der Waals surface area contributed by atoms with Crippen LogP contribution in [0.5, 0.6) is 0 Å². The third kappa shape index (κ3) is 5.38. The Hall–Kier alpha value is -0.903. The van der Waals surface area contributed by atoms with E-state index in [2.05, 4.69) is 40.4 Å². The maximum absolute atomic E-state index is 10.5. The Balaban J connectivity index is 2.47. The van der Waals surface area contributed by atoms with E-state index in [4.69, 9.17) is 4.43 Å². The lowest BCUT2D eigenvalue weighted by molar-refractivity contribution is 0.122. The van der Waals surface area contributed by atoms with E-state index in [1.165, 1.54) is 0 Å². The van der Waals surface area contributed by atoms with Crippen LogP contribution in [0.3, 0.4) is 0 Å². The highest BCUT2D eigenvalue weighted by molar-refractivity contribution is 6.74. The molecular weight excluding hydrogens is 288 g/mol. The minimum Gasteiger partial charge on any atom is -0.417 e. The smallest absolute Gasteiger partial charge is 0.191 e. The Morgan fingerprint density at radius 3 is 2.32 bits per heavy atom. The van der Waals surface area contributed by atoms with Crippen molar-refractivity contribution in [2.45, 2.75) is 57.8 Å². The second kappa shape index (κ2) is 8.09. The molecule has 0 aromatic heterocycles. The van der Waals surface area contributed by atoms with Crippen molar-refractivity contribution < 1.29 is 9.53 Å². The van der Waals surface area contributed by atoms with E-state index >= 15 is 0 Å². The van der Waals surface area contributed by atoms with E-state index in [1.54, 1.807) is 0 Å². The van der Waals surface area contributed by atoms with Gasteiger partial charge in [-0.3, -0.25) is 0 Å². The van der Waals surface area contributed by atoms with Crippen molar-refractivity contribution in [3.63, 3.8) is 0 Å². The molecule has 0 heterocycles. The van der Waals surface area contributed by atoms with Crippen molar-refractivity contribution in [1.82, 2.24) is 0 Å². The quantitative estimate of drug-likeness (QED) is 0.399. The maximum atomic E-state index is 10.5. The van der Waals surface area contributed by atoms with Crippen LogP contribution in [0.1, 0.15) is 45.3 Å². The number of hydrogen-bond donors (Lipinski definition) is 1. The van der Waals surface area contributed by atoms with Crippen molar-refractivity contribution in [3.05, 3.63) is 48.6 Å². The van der Waals surface area contributed by atoms with E-state index in [1.807, 2.05) is 36.4 Å². The van der Waals surface area contributed by atoms with Gasteiger partial charge in [-0.1, -0.05) is 57.2 Å². The summed E-state index contributed by atoms with van der Waals surface area (Å²) in [5.41, 5.74) is 0.956. The molecule has 2 atom stereocenters. The molecule has 0 aliphatic heterocycles. The van der Waals surface area contributed by atoms with Gasteiger partial charge in [-0.25, -0.2) is 0 Å². The number of aliphatic hydroxyl groups excluding tert-OH is 1. The number of rotatable bonds is 8. The van der Waals surface area contributed by atoms with Gasteiger partial charge < -0.3 is 9.53 Å². The summed E-state index contributed by atoms with van der Waals surface area (Å²) in [6, 6.07) is 9.81. The van der Waals surface area contributed by atoms with Crippen LogP contribution < -0.4 is 0 Å². The fourth-order valence-electron chi connectivity index (χ4n) is 2.16. The van der Waals surface area contributed by atoms with E-state index in [-0.39, 0.29) is 11.0 Å². The molecule has 124 valence electrons. The Labute approximate surface area is 137 Å². The molecule has 0 radical (unpaired) electrons. The molecule has 0 amide bonds. The Morgan fingerprint density at radius 2 is 1.82 bits per heavy atom. The highest BCUT2D eigenvalue weighted by Crippen LogP contribution is 2.36. The summed E-state index contributed by atoms with van der Waals surface area (Å²) >= 11 is 0. The van der Waals surface area contributed by atoms with Gasteiger partial charge in [0.25, 0.3) is 0 Å². The highest BCUT2D eigenvalue weighted by Gasteiger charge is 2.36. The molecule has 0 bridgehead atoms. The zero-order valence-corrected chi connectivity index (χ0v) is 15.8. The molecule has 0 unspecified atom stereocenters. The van der Waals surface area contributed by atoms with Gasteiger partial charge in [0.05, 0.1) is 6.10 Å². The number of hydrogen-bond acceptors (Lipinski definition) is 2. The second-order valence-electron chi connectivity index (χ2n) is 7.51. The molecule has 3 heteroatoms.